The van der Waals surface area contributed by atoms with Crippen molar-refractivity contribution in [2.45, 2.75) is 59.0 Å². The van der Waals surface area contributed by atoms with Gasteiger partial charge < -0.3 is 29.8 Å². The number of nitrogens with zero attached hydrogens (tertiary/aromatic N) is 2. The molecular weight excluding hydrogens is 712 g/mol. The smallest absolute Gasteiger partial charge is 0.416 e. The highest BCUT2D eigenvalue weighted by molar-refractivity contribution is 5.95. The zero-order chi connectivity index (χ0) is 39.6. The third-order valence-electron chi connectivity index (χ3n) is 6.63. The van der Waals surface area contributed by atoms with Crippen LogP contribution in [0.4, 0.5) is 32.0 Å². The molecule has 0 aliphatic heterocycles. The Morgan fingerprint density at radius 1 is 0.642 bits per heavy atom. The van der Waals surface area contributed by atoms with Gasteiger partial charge in [-0.25, -0.2) is 14.8 Å². The highest BCUT2D eigenvalue weighted by atomic mass is 19.4. The SMILES string of the molecule is CCOC(OCC)c1cccc(C(=O)Cc2cccc(C(F)(F)F)c2)n1.CCOC(OCC)c1cccc(C(=O)O)n1.Nc1cccc(C(F)(F)F)c1. The van der Waals surface area contributed by atoms with Crippen LogP contribution >= 0.6 is 0 Å². The topological polar surface area (TPSA) is 143 Å². The number of nitrogen functional groups attached to an aromatic ring is 1. The van der Waals surface area contributed by atoms with E-state index in [1.807, 2.05) is 27.7 Å². The fourth-order valence-electron chi connectivity index (χ4n) is 4.33. The van der Waals surface area contributed by atoms with Gasteiger partial charge in [0.05, 0.1) is 22.5 Å². The number of ether oxygens (including phenoxy) is 4. The fourth-order valence-corrected chi connectivity index (χ4v) is 4.33. The van der Waals surface area contributed by atoms with Crippen LogP contribution in [-0.4, -0.2) is 53.3 Å². The Morgan fingerprint density at radius 3 is 1.47 bits per heavy atom. The minimum atomic E-state index is -4.45. The molecular formula is C37H41F6N3O7. The normalized spacial score (nSPS) is 11.4. The molecule has 53 heavy (non-hydrogen) atoms. The molecule has 0 spiro atoms. The number of rotatable bonds is 14. The van der Waals surface area contributed by atoms with Gasteiger partial charge in [0.15, 0.2) is 5.78 Å². The third-order valence-corrected chi connectivity index (χ3v) is 6.63. The first-order valence-corrected chi connectivity index (χ1v) is 16.3. The van der Waals surface area contributed by atoms with Gasteiger partial charge in [0, 0.05) is 38.5 Å². The van der Waals surface area contributed by atoms with Crippen molar-refractivity contribution in [3.05, 3.63) is 124 Å². The molecule has 0 fully saturated rings. The highest BCUT2D eigenvalue weighted by Gasteiger charge is 2.31. The summed E-state index contributed by atoms with van der Waals surface area (Å²) in [4.78, 5) is 31.4. The van der Waals surface area contributed by atoms with Crippen molar-refractivity contribution in [1.82, 2.24) is 9.97 Å². The van der Waals surface area contributed by atoms with Gasteiger partial charge in [-0.1, -0.05) is 36.4 Å². The van der Waals surface area contributed by atoms with Crippen LogP contribution in [0.2, 0.25) is 0 Å². The molecule has 2 aromatic carbocycles. The summed E-state index contributed by atoms with van der Waals surface area (Å²) in [6.45, 7) is 9.08. The Balaban J connectivity index is 0.000000305. The largest absolute Gasteiger partial charge is 0.477 e. The van der Waals surface area contributed by atoms with E-state index in [1.165, 1.54) is 36.4 Å². The fraction of sp³-hybridized carbons (Fsp3) is 0.351. The standard InChI is InChI=1S/C19H20F3NO3.C11H15NO4.C7H6F3N/c1-3-25-18(26-4-2)16-10-6-9-15(23-16)17(24)12-13-7-5-8-14(11-13)19(20,21)22;1-3-15-11(16-4-2)9-7-5-6-8(12-9)10(13)14;8-7(9,10)5-2-1-3-6(11)4-5/h5-11,18H,3-4,12H2,1-2H3;5-7,11H,3-4H2,1-2H3,(H,13,14);1-4H,11H2. The van der Waals surface area contributed by atoms with Crippen LogP contribution in [-0.2, 0) is 37.7 Å². The Hall–Kier alpha value is -4.90. The summed E-state index contributed by atoms with van der Waals surface area (Å²) in [7, 11) is 0. The zero-order valence-corrected chi connectivity index (χ0v) is 29.4. The number of pyridine rings is 2. The number of ketones is 1. The molecule has 0 aliphatic carbocycles. The molecule has 10 nitrogen and oxygen atoms in total. The predicted octanol–water partition coefficient (Wildman–Crippen LogP) is 8.74. The van der Waals surface area contributed by atoms with Crippen molar-refractivity contribution in [3.63, 3.8) is 0 Å². The number of alkyl halides is 6. The van der Waals surface area contributed by atoms with Crippen LogP contribution < -0.4 is 5.73 Å². The maximum absolute atomic E-state index is 12.8. The van der Waals surface area contributed by atoms with E-state index in [9.17, 15) is 35.9 Å². The maximum atomic E-state index is 12.8. The van der Waals surface area contributed by atoms with Gasteiger partial charge in [-0.2, -0.15) is 26.3 Å². The van der Waals surface area contributed by atoms with Gasteiger partial charge in [-0.15, -0.1) is 0 Å². The average Bonchev–Trinajstić information content (AvgIpc) is 3.11. The number of aromatic nitrogens is 2. The molecule has 0 saturated carbocycles. The van der Waals surface area contributed by atoms with Crippen molar-refractivity contribution in [2.24, 2.45) is 0 Å². The van der Waals surface area contributed by atoms with Gasteiger partial charge in [-0.3, -0.25) is 4.79 Å². The van der Waals surface area contributed by atoms with E-state index in [1.54, 1.807) is 24.3 Å². The average molecular weight is 754 g/mol. The van der Waals surface area contributed by atoms with Crippen LogP contribution in [0.15, 0.2) is 84.9 Å². The summed E-state index contributed by atoms with van der Waals surface area (Å²) in [6.07, 6.45) is -10.2. The van der Waals surface area contributed by atoms with E-state index in [4.69, 9.17) is 29.8 Å². The van der Waals surface area contributed by atoms with Crippen LogP contribution in [0.5, 0.6) is 0 Å². The summed E-state index contributed by atoms with van der Waals surface area (Å²) in [5, 5.41) is 8.81. The van der Waals surface area contributed by atoms with Gasteiger partial charge in [0.1, 0.15) is 11.4 Å². The summed E-state index contributed by atoms with van der Waals surface area (Å²) >= 11 is 0. The number of hydrogen-bond acceptors (Lipinski definition) is 9. The molecule has 0 saturated heterocycles. The molecule has 16 heteroatoms. The van der Waals surface area contributed by atoms with Gasteiger partial charge >= 0.3 is 18.3 Å². The second kappa shape index (κ2) is 21.6. The minimum absolute atomic E-state index is 0.0121. The number of nitrogens with two attached hydrogens (primary N) is 1. The molecule has 4 aromatic rings. The molecule has 3 N–H and O–H groups in total. The number of anilines is 1. The summed E-state index contributed by atoms with van der Waals surface area (Å²) in [5.41, 5.74) is 5.14. The van der Waals surface area contributed by atoms with E-state index >= 15 is 0 Å². The Kier molecular flexibility index (Phi) is 18.0. The summed E-state index contributed by atoms with van der Waals surface area (Å²) in [6, 6.07) is 18.9. The number of hydrogen-bond donors (Lipinski definition) is 2. The second-order valence-corrected chi connectivity index (χ2v) is 10.6. The van der Waals surface area contributed by atoms with E-state index in [0.29, 0.717) is 37.8 Å². The number of carbonyl (C=O) groups is 2. The monoisotopic (exact) mass is 753 g/mol. The third kappa shape index (κ3) is 15.3. The van der Waals surface area contributed by atoms with E-state index < -0.39 is 42.0 Å². The first-order chi connectivity index (χ1) is 25.0. The van der Waals surface area contributed by atoms with E-state index in [0.717, 1.165) is 24.3 Å². The van der Waals surface area contributed by atoms with Gasteiger partial charge in [0.2, 0.25) is 12.6 Å². The van der Waals surface area contributed by atoms with Crippen molar-refractivity contribution in [3.8, 4) is 0 Å². The first-order valence-electron chi connectivity index (χ1n) is 16.3. The molecule has 0 amide bonds. The van der Waals surface area contributed by atoms with Crippen LogP contribution in [0.1, 0.15) is 89.3 Å². The number of carbonyl (C=O) groups excluding carboxylic acids is 1. The summed E-state index contributed by atoms with van der Waals surface area (Å²) < 4.78 is 95.7. The van der Waals surface area contributed by atoms with Crippen molar-refractivity contribution in [1.29, 1.82) is 0 Å². The number of aromatic carboxylic acids is 1. The minimum Gasteiger partial charge on any atom is -0.477 e. The van der Waals surface area contributed by atoms with Gasteiger partial charge in [0.25, 0.3) is 0 Å². The van der Waals surface area contributed by atoms with Crippen molar-refractivity contribution < 1.29 is 60.0 Å². The summed E-state index contributed by atoms with van der Waals surface area (Å²) in [5.74, 6) is -1.44. The molecule has 4 rings (SSSR count). The molecule has 2 heterocycles. The van der Waals surface area contributed by atoms with Crippen LogP contribution in [0.3, 0.4) is 0 Å². The molecule has 0 aliphatic rings. The first kappa shape index (κ1) is 44.3. The van der Waals surface area contributed by atoms with E-state index in [-0.39, 0.29) is 34.8 Å². The Bertz CT molecular complexity index is 1730. The molecule has 0 unspecified atom stereocenters. The lowest BCUT2D eigenvalue weighted by Crippen LogP contribution is -2.14. The van der Waals surface area contributed by atoms with Gasteiger partial charge in [-0.05, 0) is 81.8 Å². The Labute approximate surface area is 302 Å². The number of carboxylic acids is 1. The maximum Gasteiger partial charge on any atom is 0.416 e. The van der Waals surface area contributed by atoms with E-state index in [2.05, 4.69) is 9.97 Å². The van der Waals surface area contributed by atoms with Crippen molar-refractivity contribution >= 4 is 17.4 Å². The molecule has 2 aromatic heterocycles. The highest BCUT2D eigenvalue weighted by Crippen LogP contribution is 2.31. The second-order valence-electron chi connectivity index (χ2n) is 10.6. The molecule has 0 atom stereocenters. The number of Topliss-reactive ketones (excluding diaryl/α,β-unsaturated/α-hetero) is 1. The molecule has 0 bridgehead atoms. The zero-order valence-electron chi connectivity index (χ0n) is 29.4. The van der Waals surface area contributed by atoms with Crippen molar-refractivity contribution in [2.75, 3.05) is 32.2 Å². The lowest BCUT2D eigenvalue weighted by atomic mass is 10.0. The molecule has 0 radical (unpaired) electrons. The lowest BCUT2D eigenvalue weighted by Gasteiger charge is -2.16. The quantitative estimate of drug-likeness (QED) is 0.0555. The number of halogens is 6. The lowest BCUT2D eigenvalue weighted by molar-refractivity contribution is -0.142. The Morgan fingerprint density at radius 2 is 1.06 bits per heavy atom. The van der Waals surface area contributed by atoms with Crippen LogP contribution in [0, 0.1) is 0 Å². The number of carboxylic acid groups (broad SMARTS) is 1. The van der Waals surface area contributed by atoms with Crippen LogP contribution in [0.25, 0.3) is 0 Å². The molecule has 288 valence electrons. The predicted molar refractivity (Wildman–Crippen MR) is 183 cm³/mol. The number of benzene rings is 2.